The number of hydrogen-bond donors (Lipinski definition) is 0. The van der Waals surface area contributed by atoms with Crippen LogP contribution < -0.4 is 4.74 Å². The Kier molecular flexibility index (Phi) is 10.3. The van der Waals surface area contributed by atoms with Gasteiger partial charge in [0, 0.05) is 5.57 Å². The van der Waals surface area contributed by atoms with E-state index in [-0.39, 0.29) is 12.6 Å². The summed E-state index contributed by atoms with van der Waals surface area (Å²) in [4.78, 5) is 23.2. The highest BCUT2D eigenvalue weighted by molar-refractivity contribution is 5.90. The van der Waals surface area contributed by atoms with E-state index >= 15 is 0 Å². The van der Waals surface area contributed by atoms with E-state index < -0.39 is 5.97 Å². The maximum absolute atomic E-state index is 12.0. The molecular weight excluding hydrogens is 396 g/mol. The molecule has 6 nitrogen and oxygen atoms in total. The van der Waals surface area contributed by atoms with E-state index in [1.54, 1.807) is 19.1 Å². The number of carbonyl (C=O) groups excluding carboxylic acids is 2. The second kappa shape index (κ2) is 13.2. The molecule has 0 saturated carbocycles. The van der Waals surface area contributed by atoms with Gasteiger partial charge in [-0.1, -0.05) is 44.2 Å². The van der Waals surface area contributed by atoms with Crippen LogP contribution >= 0.6 is 0 Å². The predicted octanol–water partition coefficient (Wildman–Crippen LogP) is 4.83. The minimum atomic E-state index is -0.415. The van der Waals surface area contributed by atoms with Crippen molar-refractivity contribution in [2.75, 3.05) is 33.0 Å². The molecule has 6 heteroatoms. The molecule has 2 aromatic rings. The summed E-state index contributed by atoms with van der Waals surface area (Å²) in [5.41, 5.74) is 2.94. The van der Waals surface area contributed by atoms with Gasteiger partial charge in [0.25, 0.3) is 0 Å². The van der Waals surface area contributed by atoms with Gasteiger partial charge in [-0.3, -0.25) is 0 Å². The lowest BCUT2D eigenvalue weighted by molar-refractivity contribution is -0.140. The number of unbranched alkanes of at least 4 members (excludes halogenated alkanes) is 1. The zero-order valence-electron chi connectivity index (χ0n) is 18.2. The largest absolute Gasteiger partial charge is 0.491 e. The van der Waals surface area contributed by atoms with Crippen molar-refractivity contribution in [1.29, 1.82) is 0 Å². The standard InChI is InChI=1S/C25H30O6/c1-4-5-14-30-25(27)22-8-6-20(7-9-22)21-10-12-23(13-11-21)29-17-15-28-16-18-31-24(26)19(2)3/h6-13H,2,4-5,14-18H2,1,3H3. The van der Waals surface area contributed by atoms with Gasteiger partial charge in [-0.05, 0) is 48.7 Å². The molecule has 0 aliphatic heterocycles. The van der Waals surface area contributed by atoms with Crippen molar-refractivity contribution in [3.8, 4) is 16.9 Å². The molecule has 0 heterocycles. The van der Waals surface area contributed by atoms with Gasteiger partial charge in [-0.15, -0.1) is 0 Å². The Morgan fingerprint density at radius 3 is 2.03 bits per heavy atom. The lowest BCUT2D eigenvalue weighted by Gasteiger charge is -2.09. The summed E-state index contributed by atoms with van der Waals surface area (Å²) in [6, 6.07) is 15.1. The van der Waals surface area contributed by atoms with Crippen molar-refractivity contribution in [2.24, 2.45) is 0 Å². The highest BCUT2D eigenvalue weighted by Gasteiger charge is 2.07. The molecule has 0 unspecified atom stereocenters. The summed E-state index contributed by atoms with van der Waals surface area (Å²) in [6.45, 7) is 8.90. The summed E-state index contributed by atoms with van der Waals surface area (Å²) in [5.74, 6) is 0.0265. The third kappa shape index (κ3) is 8.64. The van der Waals surface area contributed by atoms with Crippen molar-refractivity contribution in [3.05, 3.63) is 66.2 Å². The Hall–Kier alpha value is -3.12. The van der Waals surface area contributed by atoms with Gasteiger partial charge in [0.05, 0.1) is 25.4 Å². The lowest BCUT2D eigenvalue weighted by Crippen LogP contribution is -2.13. The van der Waals surface area contributed by atoms with Crippen LogP contribution in [-0.4, -0.2) is 45.0 Å². The van der Waals surface area contributed by atoms with Crippen molar-refractivity contribution >= 4 is 11.9 Å². The molecule has 31 heavy (non-hydrogen) atoms. The van der Waals surface area contributed by atoms with Gasteiger partial charge < -0.3 is 18.9 Å². The number of ether oxygens (including phenoxy) is 4. The number of hydrogen-bond acceptors (Lipinski definition) is 6. The highest BCUT2D eigenvalue weighted by Crippen LogP contribution is 2.23. The molecule has 0 bridgehead atoms. The first-order chi connectivity index (χ1) is 15.0. The van der Waals surface area contributed by atoms with Crippen LogP contribution in [0, 0.1) is 0 Å². The molecule has 0 aliphatic carbocycles. The van der Waals surface area contributed by atoms with Crippen LogP contribution in [0.5, 0.6) is 5.75 Å². The zero-order valence-corrected chi connectivity index (χ0v) is 18.2. The molecular formula is C25H30O6. The van der Waals surface area contributed by atoms with Gasteiger partial charge in [0.1, 0.15) is 19.0 Å². The van der Waals surface area contributed by atoms with Crippen molar-refractivity contribution in [3.63, 3.8) is 0 Å². The Bertz CT molecular complexity index is 839. The minimum Gasteiger partial charge on any atom is -0.491 e. The molecule has 0 saturated heterocycles. The van der Waals surface area contributed by atoms with Crippen LogP contribution in [0.2, 0.25) is 0 Å². The van der Waals surface area contributed by atoms with Crippen LogP contribution in [0.25, 0.3) is 11.1 Å². The van der Waals surface area contributed by atoms with E-state index in [4.69, 9.17) is 18.9 Å². The Labute approximate surface area is 183 Å². The zero-order chi connectivity index (χ0) is 22.5. The molecule has 0 atom stereocenters. The van der Waals surface area contributed by atoms with E-state index in [0.717, 1.165) is 29.7 Å². The Balaban J connectivity index is 1.72. The number of esters is 2. The first-order valence-electron chi connectivity index (χ1n) is 10.4. The van der Waals surface area contributed by atoms with E-state index in [0.29, 0.717) is 37.6 Å². The smallest absolute Gasteiger partial charge is 0.338 e. The van der Waals surface area contributed by atoms with E-state index in [1.165, 1.54) is 0 Å². The maximum Gasteiger partial charge on any atom is 0.338 e. The van der Waals surface area contributed by atoms with E-state index in [9.17, 15) is 9.59 Å². The second-order valence-electron chi connectivity index (χ2n) is 6.97. The Morgan fingerprint density at radius 1 is 0.806 bits per heavy atom. The van der Waals surface area contributed by atoms with Crippen molar-refractivity contribution < 1.29 is 28.5 Å². The number of rotatable bonds is 13. The molecule has 2 aromatic carbocycles. The van der Waals surface area contributed by atoms with E-state index in [1.807, 2.05) is 36.4 Å². The van der Waals surface area contributed by atoms with Crippen LogP contribution in [-0.2, 0) is 19.0 Å². The molecule has 0 spiro atoms. The Morgan fingerprint density at radius 2 is 1.42 bits per heavy atom. The van der Waals surface area contributed by atoms with E-state index in [2.05, 4.69) is 13.5 Å². The summed E-state index contributed by atoms with van der Waals surface area (Å²) in [7, 11) is 0. The first kappa shape index (κ1) is 24.2. The van der Waals surface area contributed by atoms with Gasteiger partial charge in [0.15, 0.2) is 0 Å². The fourth-order valence-electron chi connectivity index (χ4n) is 2.57. The summed E-state index contributed by atoms with van der Waals surface area (Å²) in [5, 5.41) is 0. The third-order valence-electron chi connectivity index (χ3n) is 4.34. The van der Waals surface area contributed by atoms with Gasteiger partial charge in [-0.25, -0.2) is 9.59 Å². The van der Waals surface area contributed by atoms with Gasteiger partial charge in [0.2, 0.25) is 0 Å². The number of carbonyl (C=O) groups is 2. The van der Waals surface area contributed by atoms with Crippen LogP contribution in [0.3, 0.4) is 0 Å². The first-order valence-corrected chi connectivity index (χ1v) is 10.4. The maximum atomic E-state index is 12.0. The molecule has 2 rings (SSSR count). The molecule has 166 valence electrons. The van der Waals surface area contributed by atoms with Crippen molar-refractivity contribution in [1.82, 2.24) is 0 Å². The SMILES string of the molecule is C=C(C)C(=O)OCCOCCOc1ccc(-c2ccc(C(=O)OCCCC)cc2)cc1. The monoisotopic (exact) mass is 426 g/mol. The van der Waals surface area contributed by atoms with Gasteiger partial charge >= 0.3 is 11.9 Å². The quantitative estimate of drug-likeness (QED) is 0.260. The van der Waals surface area contributed by atoms with Crippen LogP contribution in [0.1, 0.15) is 37.0 Å². The highest BCUT2D eigenvalue weighted by atomic mass is 16.6. The average molecular weight is 427 g/mol. The van der Waals surface area contributed by atoms with Crippen LogP contribution in [0.15, 0.2) is 60.7 Å². The minimum absolute atomic E-state index is 0.190. The van der Waals surface area contributed by atoms with Gasteiger partial charge in [-0.2, -0.15) is 0 Å². The molecule has 0 radical (unpaired) electrons. The van der Waals surface area contributed by atoms with Crippen LogP contribution in [0.4, 0.5) is 0 Å². The summed E-state index contributed by atoms with van der Waals surface area (Å²) < 4.78 is 21.2. The average Bonchev–Trinajstić information content (AvgIpc) is 2.79. The fourth-order valence-corrected chi connectivity index (χ4v) is 2.57. The summed E-state index contributed by atoms with van der Waals surface area (Å²) >= 11 is 0. The number of benzene rings is 2. The van der Waals surface area contributed by atoms with Crippen molar-refractivity contribution in [2.45, 2.75) is 26.7 Å². The fraction of sp³-hybridized carbons (Fsp3) is 0.360. The molecule has 0 fully saturated rings. The normalized spacial score (nSPS) is 10.4. The molecule has 0 aliphatic rings. The topological polar surface area (TPSA) is 71.1 Å². The predicted molar refractivity (Wildman–Crippen MR) is 119 cm³/mol. The summed E-state index contributed by atoms with van der Waals surface area (Å²) in [6.07, 6.45) is 1.86. The third-order valence-corrected chi connectivity index (χ3v) is 4.34. The lowest BCUT2D eigenvalue weighted by atomic mass is 10.0. The molecule has 0 aromatic heterocycles. The second-order valence-corrected chi connectivity index (χ2v) is 6.97. The molecule has 0 N–H and O–H groups in total. The molecule has 0 amide bonds.